The molecule has 0 radical (unpaired) electrons. The maximum Gasteiger partial charge on any atom is 0.191 e. The summed E-state index contributed by atoms with van der Waals surface area (Å²) in [7, 11) is 1.83. The van der Waals surface area contributed by atoms with E-state index in [0.717, 1.165) is 31.2 Å². The lowest BCUT2D eigenvalue weighted by Gasteiger charge is -2.28. The highest BCUT2D eigenvalue weighted by Gasteiger charge is 2.39. The minimum atomic E-state index is 0.245. The van der Waals surface area contributed by atoms with Crippen LogP contribution in [0, 0.1) is 0 Å². The molecule has 1 heterocycles. The Labute approximate surface area is 143 Å². The van der Waals surface area contributed by atoms with Crippen LogP contribution in [-0.2, 0) is 0 Å². The summed E-state index contributed by atoms with van der Waals surface area (Å²) in [5.74, 6) is 2.44. The van der Waals surface area contributed by atoms with Gasteiger partial charge in [-0.05, 0) is 18.1 Å². The molecule has 2 aliphatic rings. The highest BCUT2D eigenvalue weighted by molar-refractivity contribution is 5.81. The molecule has 24 heavy (non-hydrogen) atoms. The molecule has 0 amide bonds. The molecule has 2 N–H and O–H groups in total. The van der Waals surface area contributed by atoms with Gasteiger partial charge in [-0.2, -0.15) is 0 Å². The van der Waals surface area contributed by atoms with Crippen LogP contribution in [0.25, 0.3) is 0 Å². The number of aliphatic imine (C=N–C) groups is 1. The summed E-state index contributed by atoms with van der Waals surface area (Å²) >= 11 is 0. The Morgan fingerprint density at radius 2 is 1.83 bits per heavy atom. The number of nitrogens with one attached hydrogen (secondary N) is 2. The first-order valence-electron chi connectivity index (χ1n) is 8.61. The molecule has 3 atom stereocenters. The molecule has 3 unspecified atom stereocenters. The third kappa shape index (κ3) is 3.09. The van der Waals surface area contributed by atoms with Crippen LogP contribution in [0.1, 0.15) is 35.9 Å². The van der Waals surface area contributed by atoms with Crippen molar-refractivity contribution in [2.75, 3.05) is 13.7 Å². The number of fused-ring (bicyclic) bond motifs is 1. The van der Waals surface area contributed by atoms with Gasteiger partial charge in [-0.3, -0.25) is 4.99 Å². The summed E-state index contributed by atoms with van der Waals surface area (Å²) in [4.78, 5) is 4.42. The predicted molar refractivity (Wildman–Crippen MR) is 96.5 cm³/mol. The monoisotopic (exact) mass is 321 g/mol. The zero-order chi connectivity index (χ0) is 16.4. The molecule has 1 aliphatic carbocycles. The van der Waals surface area contributed by atoms with E-state index in [-0.39, 0.29) is 6.04 Å². The van der Waals surface area contributed by atoms with E-state index in [1.807, 2.05) is 19.2 Å². The van der Waals surface area contributed by atoms with E-state index >= 15 is 0 Å². The van der Waals surface area contributed by atoms with Crippen LogP contribution in [0.15, 0.2) is 59.6 Å². The van der Waals surface area contributed by atoms with Crippen LogP contribution >= 0.6 is 0 Å². The normalized spacial score (nSPS) is 25.4. The van der Waals surface area contributed by atoms with Crippen LogP contribution < -0.4 is 15.4 Å². The van der Waals surface area contributed by atoms with Crippen LogP contribution in [0.5, 0.6) is 5.75 Å². The predicted octanol–water partition coefficient (Wildman–Crippen LogP) is 3.23. The standard InChI is InChI=1S/C20H23N3O/c1-21-20(23-18-13-16(18)14-7-3-2-4-8-14)22-17-11-12-24-19-10-6-5-9-15(17)19/h2-10,16-18H,11-13H2,1H3,(H2,21,22,23). The Hall–Kier alpha value is -2.49. The van der Waals surface area contributed by atoms with Crippen LogP contribution in [0.4, 0.5) is 0 Å². The van der Waals surface area contributed by atoms with Crippen molar-refractivity contribution in [2.24, 2.45) is 4.99 Å². The van der Waals surface area contributed by atoms with Gasteiger partial charge in [0.15, 0.2) is 5.96 Å². The van der Waals surface area contributed by atoms with E-state index in [0.29, 0.717) is 12.0 Å². The first-order valence-corrected chi connectivity index (χ1v) is 8.61. The molecule has 0 saturated heterocycles. The summed E-state index contributed by atoms with van der Waals surface area (Å²) in [6, 6.07) is 19.6. The van der Waals surface area contributed by atoms with Crippen molar-refractivity contribution in [3.8, 4) is 5.75 Å². The Morgan fingerprint density at radius 1 is 1.04 bits per heavy atom. The Kier molecular flexibility index (Phi) is 4.11. The fourth-order valence-electron chi connectivity index (χ4n) is 3.43. The zero-order valence-corrected chi connectivity index (χ0v) is 13.9. The first kappa shape index (κ1) is 15.1. The minimum Gasteiger partial charge on any atom is -0.493 e. The van der Waals surface area contributed by atoms with Crippen molar-refractivity contribution in [3.05, 3.63) is 65.7 Å². The molecule has 4 rings (SSSR count). The molecular formula is C20H23N3O. The molecule has 1 fully saturated rings. The number of para-hydroxylation sites is 1. The zero-order valence-electron chi connectivity index (χ0n) is 13.9. The molecule has 0 bridgehead atoms. The molecule has 0 spiro atoms. The van der Waals surface area contributed by atoms with E-state index in [2.05, 4.69) is 58.1 Å². The number of nitrogens with zero attached hydrogens (tertiary/aromatic N) is 1. The van der Waals surface area contributed by atoms with Crippen molar-refractivity contribution < 1.29 is 4.74 Å². The lowest BCUT2D eigenvalue weighted by molar-refractivity contribution is 0.261. The summed E-state index contributed by atoms with van der Waals surface area (Å²) in [5, 5.41) is 7.13. The second-order valence-corrected chi connectivity index (χ2v) is 6.45. The maximum absolute atomic E-state index is 5.74. The molecule has 1 aliphatic heterocycles. The van der Waals surface area contributed by atoms with Crippen molar-refractivity contribution in [1.82, 2.24) is 10.6 Å². The van der Waals surface area contributed by atoms with Crippen LogP contribution in [-0.4, -0.2) is 25.7 Å². The highest BCUT2D eigenvalue weighted by atomic mass is 16.5. The second kappa shape index (κ2) is 6.56. The molecule has 4 heteroatoms. The largest absolute Gasteiger partial charge is 0.493 e. The average molecular weight is 321 g/mol. The van der Waals surface area contributed by atoms with Crippen LogP contribution in [0.2, 0.25) is 0 Å². The van der Waals surface area contributed by atoms with Gasteiger partial charge in [0.2, 0.25) is 0 Å². The van der Waals surface area contributed by atoms with Crippen molar-refractivity contribution in [3.63, 3.8) is 0 Å². The number of rotatable bonds is 3. The summed E-state index contributed by atoms with van der Waals surface area (Å²) in [5.41, 5.74) is 2.61. The summed E-state index contributed by atoms with van der Waals surface area (Å²) in [6.45, 7) is 0.738. The highest BCUT2D eigenvalue weighted by Crippen LogP contribution is 2.40. The molecule has 0 aromatic heterocycles. The van der Waals surface area contributed by atoms with Gasteiger partial charge in [-0.15, -0.1) is 0 Å². The first-order chi connectivity index (χ1) is 11.8. The van der Waals surface area contributed by atoms with Crippen molar-refractivity contribution in [1.29, 1.82) is 0 Å². The van der Waals surface area contributed by atoms with Gasteiger partial charge in [0.25, 0.3) is 0 Å². The van der Waals surface area contributed by atoms with Crippen molar-refractivity contribution in [2.45, 2.75) is 30.8 Å². The Balaban J connectivity index is 1.40. The van der Waals surface area contributed by atoms with E-state index in [1.165, 1.54) is 11.1 Å². The maximum atomic E-state index is 5.74. The van der Waals surface area contributed by atoms with Gasteiger partial charge in [0.1, 0.15) is 5.75 Å². The lowest BCUT2D eigenvalue weighted by Crippen LogP contribution is -2.42. The molecular weight excluding hydrogens is 298 g/mol. The van der Waals surface area contributed by atoms with Crippen LogP contribution in [0.3, 0.4) is 0 Å². The Morgan fingerprint density at radius 3 is 2.67 bits per heavy atom. The smallest absolute Gasteiger partial charge is 0.191 e. The van der Waals surface area contributed by atoms with Crippen molar-refractivity contribution >= 4 is 5.96 Å². The van der Waals surface area contributed by atoms with Gasteiger partial charge in [0, 0.05) is 31.0 Å². The number of hydrogen-bond acceptors (Lipinski definition) is 2. The molecule has 4 nitrogen and oxygen atoms in total. The van der Waals surface area contributed by atoms with E-state index in [9.17, 15) is 0 Å². The summed E-state index contributed by atoms with van der Waals surface area (Å²) < 4.78 is 5.74. The average Bonchev–Trinajstić information content (AvgIpc) is 3.41. The number of ether oxygens (including phenoxy) is 1. The van der Waals surface area contributed by atoms with Gasteiger partial charge in [0.05, 0.1) is 12.6 Å². The molecule has 124 valence electrons. The Bertz CT molecular complexity index is 729. The van der Waals surface area contributed by atoms with Gasteiger partial charge in [-0.1, -0.05) is 48.5 Å². The lowest BCUT2D eigenvalue weighted by atomic mass is 10.0. The van der Waals surface area contributed by atoms with E-state index < -0.39 is 0 Å². The van der Waals surface area contributed by atoms with E-state index in [1.54, 1.807) is 0 Å². The molecule has 2 aromatic carbocycles. The number of benzene rings is 2. The minimum absolute atomic E-state index is 0.245. The number of guanidine groups is 1. The quantitative estimate of drug-likeness (QED) is 0.674. The molecule has 2 aromatic rings. The topological polar surface area (TPSA) is 45.7 Å². The van der Waals surface area contributed by atoms with Gasteiger partial charge < -0.3 is 15.4 Å². The van der Waals surface area contributed by atoms with Gasteiger partial charge in [-0.25, -0.2) is 0 Å². The fraction of sp³-hybridized carbons (Fsp3) is 0.350. The fourth-order valence-corrected chi connectivity index (χ4v) is 3.43. The number of hydrogen-bond donors (Lipinski definition) is 2. The van der Waals surface area contributed by atoms with Gasteiger partial charge >= 0.3 is 0 Å². The van der Waals surface area contributed by atoms with E-state index in [4.69, 9.17) is 4.74 Å². The summed E-state index contributed by atoms with van der Waals surface area (Å²) in [6.07, 6.45) is 2.11. The third-order valence-electron chi connectivity index (χ3n) is 4.83. The molecule has 1 saturated carbocycles. The third-order valence-corrected chi connectivity index (χ3v) is 4.83. The SMILES string of the molecule is CN=C(NC1CCOc2ccccc21)NC1CC1c1ccccc1. The second-order valence-electron chi connectivity index (χ2n) is 6.45.